The molecule has 0 radical (unpaired) electrons. The predicted octanol–water partition coefficient (Wildman–Crippen LogP) is 2.05. The maximum atomic E-state index is 12.7. The van der Waals surface area contributed by atoms with E-state index in [1.54, 1.807) is 18.5 Å². The number of nitrogens with zero attached hydrogens (tertiary/aromatic N) is 1. The molecule has 1 aromatic carbocycles. The molecule has 1 aliphatic rings. The zero-order valence-corrected chi connectivity index (χ0v) is 16.5. The van der Waals surface area contributed by atoms with Crippen LogP contribution in [0.3, 0.4) is 0 Å². The van der Waals surface area contributed by atoms with Gasteiger partial charge in [-0.1, -0.05) is 30.3 Å². The molecule has 1 unspecified atom stereocenters. The molecule has 0 saturated carbocycles. The first-order valence-corrected chi connectivity index (χ1v) is 10.1. The van der Waals surface area contributed by atoms with E-state index in [0.717, 1.165) is 12.8 Å². The Labute approximate surface area is 170 Å². The van der Waals surface area contributed by atoms with Crippen LogP contribution in [0.4, 0.5) is 0 Å². The number of carbonyl (C=O) groups excluding carboxylic acids is 3. The van der Waals surface area contributed by atoms with Crippen LogP contribution in [0.5, 0.6) is 0 Å². The molecule has 154 valence electrons. The van der Waals surface area contributed by atoms with Crippen LogP contribution in [-0.2, 0) is 9.59 Å². The average molecular weight is 396 g/mol. The van der Waals surface area contributed by atoms with Crippen molar-refractivity contribution in [2.75, 3.05) is 26.2 Å². The average Bonchev–Trinajstić information content (AvgIpc) is 3.27. The Balaban J connectivity index is 1.67. The van der Waals surface area contributed by atoms with Crippen LogP contribution in [0.25, 0.3) is 0 Å². The first kappa shape index (κ1) is 20.6. The first-order chi connectivity index (χ1) is 14.1. The third kappa shape index (κ3) is 6.20. The number of H-pyrrole nitrogens is 1. The van der Waals surface area contributed by atoms with Crippen LogP contribution >= 0.6 is 0 Å². The van der Waals surface area contributed by atoms with Gasteiger partial charge in [-0.05, 0) is 36.8 Å². The summed E-state index contributed by atoms with van der Waals surface area (Å²) in [6.07, 6.45) is 5.83. The summed E-state index contributed by atoms with van der Waals surface area (Å²) in [5.41, 5.74) is 1.69. The number of hydrogen-bond donors (Lipinski definition) is 3. The Bertz CT molecular complexity index is 805. The normalized spacial score (nSPS) is 19.7. The summed E-state index contributed by atoms with van der Waals surface area (Å²) in [5.74, 6) is -0.137. The number of benzene rings is 1. The molecule has 0 aliphatic carbocycles. The maximum Gasteiger partial charge on any atom is 0.255 e. The van der Waals surface area contributed by atoms with Gasteiger partial charge >= 0.3 is 0 Å². The van der Waals surface area contributed by atoms with E-state index in [1.165, 1.54) is 10.5 Å². The van der Waals surface area contributed by atoms with E-state index in [-0.39, 0.29) is 30.2 Å². The molecule has 1 aliphatic heterocycles. The smallest absolute Gasteiger partial charge is 0.255 e. The highest BCUT2D eigenvalue weighted by Crippen LogP contribution is 2.24. The number of aromatic amines is 1. The van der Waals surface area contributed by atoms with Gasteiger partial charge in [0.25, 0.3) is 5.91 Å². The van der Waals surface area contributed by atoms with Crippen molar-refractivity contribution in [3.63, 3.8) is 0 Å². The molecular formula is C22H28N4O3. The summed E-state index contributed by atoms with van der Waals surface area (Å²) in [5, 5.41) is 5.87. The fourth-order valence-electron chi connectivity index (χ4n) is 3.60. The summed E-state index contributed by atoms with van der Waals surface area (Å²) < 4.78 is 0. The largest absolute Gasteiger partial charge is 0.367 e. The van der Waals surface area contributed by atoms with E-state index in [0.29, 0.717) is 38.0 Å². The molecule has 0 spiro atoms. The Morgan fingerprint density at radius 2 is 1.76 bits per heavy atom. The van der Waals surface area contributed by atoms with Crippen LogP contribution in [-0.4, -0.2) is 53.8 Å². The number of hydrogen-bond acceptors (Lipinski definition) is 3. The van der Waals surface area contributed by atoms with Crippen LogP contribution < -0.4 is 10.6 Å². The summed E-state index contributed by atoms with van der Waals surface area (Å²) >= 11 is 0. The van der Waals surface area contributed by atoms with E-state index in [4.69, 9.17) is 0 Å². The lowest BCUT2D eigenvalue weighted by Crippen LogP contribution is -2.42. The SMILES string of the molecule is O=C1CCC(c2ccccc2)CCNC(=O)CN(C(=O)c2cc[nH]c2)CCCN1. The molecule has 3 rings (SSSR count). The second kappa shape index (κ2) is 10.5. The number of aromatic nitrogens is 1. The number of rotatable bonds is 2. The summed E-state index contributed by atoms with van der Waals surface area (Å²) in [4.78, 5) is 41.8. The van der Waals surface area contributed by atoms with Crippen LogP contribution in [0.15, 0.2) is 48.8 Å². The van der Waals surface area contributed by atoms with Gasteiger partial charge in [-0.25, -0.2) is 0 Å². The van der Waals surface area contributed by atoms with Crippen molar-refractivity contribution in [1.29, 1.82) is 0 Å². The van der Waals surface area contributed by atoms with Gasteiger partial charge in [-0.15, -0.1) is 0 Å². The van der Waals surface area contributed by atoms with Gasteiger partial charge in [-0.3, -0.25) is 14.4 Å². The molecule has 3 N–H and O–H groups in total. The molecule has 0 bridgehead atoms. The number of nitrogens with one attached hydrogen (secondary N) is 3. The highest BCUT2D eigenvalue weighted by molar-refractivity contribution is 5.96. The minimum absolute atomic E-state index is 0.00790. The third-order valence-electron chi connectivity index (χ3n) is 5.20. The molecular weight excluding hydrogens is 368 g/mol. The van der Waals surface area contributed by atoms with Gasteiger partial charge < -0.3 is 20.5 Å². The van der Waals surface area contributed by atoms with E-state index >= 15 is 0 Å². The van der Waals surface area contributed by atoms with Crippen molar-refractivity contribution < 1.29 is 14.4 Å². The molecule has 1 aromatic heterocycles. The van der Waals surface area contributed by atoms with Gasteiger partial charge in [0.2, 0.25) is 11.8 Å². The van der Waals surface area contributed by atoms with Crippen molar-refractivity contribution in [3.8, 4) is 0 Å². The minimum atomic E-state index is -0.193. The molecule has 1 saturated heterocycles. The molecule has 1 atom stereocenters. The summed E-state index contributed by atoms with van der Waals surface area (Å²) in [6, 6.07) is 11.8. The van der Waals surface area contributed by atoms with Crippen LogP contribution in [0, 0.1) is 0 Å². The van der Waals surface area contributed by atoms with Gasteiger partial charge in [0.1, 0.15) is 0 Å². The van der Waals surface area contributed by atoms with E-state index in [2.05, 4.69) is 27.8 Å². The molecule has 7 nitrogen and oxygen atoms in total. The topological polar surface area (TPSA) is 94.3 Å². The lowest BCUT2D eigenvalue weighted by molar-refractivity contribution is -0.123. The monoisotopic (exact) mass is 396 g/mol. The zero-order chi connectivity index (χ0) is 20.5. The van der Waals surface area contributed by atoms with Gasteiger partial charge in [-0.2, -0.15) is 0 Å². The first-order valence-electron chi connectivity index (χ1n) is 10.1. The Hall–Kier alpha value is -3.09. The van der Waals surface area contributed by atoms with Gasteiger partial charge in [0.05, 0.1) is 12.1 Å². The van der Waals surface area contributed by atoms with Gasteiger partial charge in [0.15, 0.2) is 0 Å². The predicted molar refractivity (Wildman–Crippen MR) is 110 cm³/mol. The second-order valence-electron chi connectivity index (χ2n) is 7.31. The van der Waals surface area contributed by atoms with E-state index in [9.17, 15) is 14.4 Å². The molecule has 2 heterocycles. The lowest BCUT2D eigenvalue weighted by atomic mass is 9.91. The molecule has 3 amide bonds. The highest BCUT2D eigenvalue weighted by Gasteiger charge is 2.20. The van der Waals surface area contributed by atoms with E-state index in [1.807, 2.05) is 18.2 Å². The minimum Gasteiger partial charge on any atom is -0.367 e. The Kier molecular flexibility index (Phi) is 7.44. The van der Waals surface area contributed by atoms with Crippen LogP contribution in [0.1, 0.15) is 47.5 Å². The summed E-state index contributed by atoms with van der Waals surface area (Å²) in [6.45, 7) is 1.40. The van der Waals surface area contributed by atoms with Crippen LogP contribution in [0.2, 0.25) is 0 Å². The molecule has 29 heavy (non-hydrogen) atoms. The van der Waals surface area contributed by atoms with E-state index < -0.39 is 0 Å². The standard InChI is InChI=1S/C22H28N4O3/c27-20-8-7-18(17-5-2-1-3-6-17)10-13-25-21(28)16-26(14-4-11-24-20)22(29)19-9-12-23-15-19/h1-3,5-6,9,12,15,18,23H,4,7-8,10-11,13-14,16H2,(H,24,27)(H,25,28). The third-order valence-corrected chi connectivity index (χ3v) is 5.20. The number of carbonyl (C=O) groups is 3. The van der Waals surface area contributed by atoms with Crippen molar-refractivity contribution in [2.45, 2.75) is 31.6 Å². The second-order valence-corrected chi connectivity index (χ2v) is 7.31. The van der Waals surface area contributed by atoms with Gasteiger partial charge in [0, 0.05) is 38.4 Å². The Morgan fingerprint density at radius 3 is 2.52 bits per heavy atom. The summed E-state index contributed by atoms with van der Waals surface area (Å²) in [7, 11) is 0. The lowest BCUT2D eigenvalue weighted by Gasteiger charge is -2.23. The quantitative estimate of drug-likeness (QED) is 0.725. The number of amides is 3. The fourth-order valence-corrected chi connectivity index (χ4v) is 3.60. The molecule has 1 fully saturated rings. The maximum absolute atomic E-state index is 12.7. The van der Waals surface area contributed by atoms with Crippen molar-refractivity contribution in [1.82, 2.24) is 20.5 Å². The molecule has 7 heteroatoms. The van der Waals surface area contributed by atoms with Crippen molar-refractivity contribution in [3.05, 3.63) is 59.9 Å². The Morgan fingerprint density at radius 1 is 0.966 bits per heavy atom. The molecule has 2 aromatic rings. The highest BCUT2D eigenvalue weighted by atomic mass is 16.2. The zero-order valence-electron chi connectivity index (χ0n) is 16.5. The fraction of sp³-hybridized carbons (Fsp3) is 0.409. The van der Waals surface area contributed by atoms with Crippen molar-refractivity contribution in [2.24, 2.45) is 0 Å². The van der Waals surface area contributed by atoms with Crippen molar-refractivity contribution >= 4 is 17.7 Å².